The van der Waals surface area contributed by atoms with Gasteiger partial charge in [-0.25, -0.2) is 4.98 Å². The molecule has 0 fully saturated rings. The van der Waals surface area contributed by atoms with Gasteiger partial charge in [-0.2, -0.15) is 5.10 Å². The Hall–Kier alpha value is -3.03. The van der Waals surface area contributed by atoms with Gasteiger partial charge in [0.25, 0.3) is 0 Å². The van der Waals surface area contributed by atoms with Crippen molar-refractivity contribution >= 4 is 44.9 Å². The summed E-state index contributed by atoms with van der Waals surface area (Å²) in [6.45, 7) is 0.363. The molecule has 140 valence electrons. The molecule has 8 heteroatoms. The highest BCUT2D eigenvalue weighted by Gasteiger charge is 2.10. The second-order valence-corrected chi connectivity index (χ2v) is 7.39. The van der Waals surface area contributed by atoms with Gasteiger partial charge in [-0.15, -0.1) is 11.3 Å². The van der Waals surface area contributed by atoms with E-state index in [0.717, 1.165) is 11.3 Å². The number of nitrogens with zero attached hydrogens (tertiary/aromatic N) is 3. The average Bonchev–Trinajstić information content (AvgIpc) is 3.16. The molecular weight excluding hydrogens is 396 g/mol. The number of thiazole rings is 1. The van der Waals surface area contributed by atoms with Gasteiger partial charge in [0.1, 0.15) is 0 Å². The highest BCUT2D eigenvalue weighted by atomic mass is 35.5. The molecule has 2 heterocycles. The molecule has 0 spiro atoms. The molecule has 0 aliphatic rings. The second kappa shape index (κ2) is 7.92. The molecule has 0 unspecified atom stereocenters. The molecular formula is C20H15ClN4O2S. The molecule has 0 aliphatic heterocycles. The molecule has 6 nitrogen and oxygen atoms in total. The van der Waals surface area contributed by atoms with Crippen LogP contribution in [0.4, 0.5) is 5.13 Å². The number of amides is 1. The number of halogens is 1. The summed E-state index contributed by atoms with van der Waals surface area (Å²) in [4.78, 5) is 28.6. The maximum Gasteiger partial charge on any atom is 0.228 e. The van der Waals surface area contributed by atoms with Crippen LogP contribution in [0.3, 0.4) is 0 Å². The van der Waals surface area contributed by atoms with Crippen molar-refractivity contribution in [1.29, 1.82) is 0 Å². The normalized spacial score (nSPS) is 10.9. The Morgan fingerprint density at radius 3 is 2.75 bits per heavy atom. The number of carbonyl (C=O) groups is 1. The van der Waals surface area contributed by atoms with Gasteiger partial charge in [-0.05, 0) is 24.3 Å². The number of nitrogens with one attached hydrogen (secondary N) is 1. The highest BCUT2D eigenvalue weighted by molar-refractivity contribution is 7.14. The summed E-state index contributed by atoms with van der Waals surface area (Å²) in [6, 6.07) is 14.6. The molecule has 1 N–H and O–H groups in total. The molecule has 0 bridgehead atoms. The lowest BCUT2D eigenvalue weighted by molar-refractivity contribution is -0.116. The van der Waals surface area contributed by atoms with Gasteiger partial charge >= 0.3 is 0 Å². The van der Waals surface area contributed by atoms with Gasteiger partial charge in [-0.3, -0.25) is 14.3 Å². The van der Waals surface area contributed by atoms with Crippen LogP contribution >= 0.6 is 22.9 Å². The summed E-state index contributed by atoms with van der Waals surface area (Å²) in [6.07, 6.45) is 1.50. The van der Waals surface area contributed by atoms with Crippen molar-refractivity contribution in [2.24, 2.45) is 0 Å². The Labute approximate surface area is 169 Å². The van der Waals surface area contributed by atoms with Crippen LogP contribution < -0.4 is 10.7 Å². The van der Waals surface area contributed by atoms with Crippen molar-refractivity contribution in [2.45, 2.75) is 13.0 Å². The molecule has 0 saturated heterocycles. The van der Waals surface area contributed by atoms with Gasteiger partial charge in [0.15, 0.2) is 5.13 Å². The summed E-state index contributed by atoms with van der Waals surface area (Å²) in [5, 5.41) is 10.6. The van der Waals surface area contributed by atoms with Gasteiger partial charge in [0.05, 0.1) is 24.0 Å². The van der Waals surface area contributed by atoms with Crippen LogP contribution in [-0.2, 0) is 11.3 Å². The first-order chi connectivity index (χ1) is 13.6. The van der Waals surface area contributed by atoms with Crippen molar-refractivity contribution in [3.8, 4) is 11.3 Å². The van der Waals surface area contributed by atoms with E-state index in [1.165, 1.54) is 17.5 Å². The van der Waals surface area contributed by atoms with Crippen LogP contribution in [0, 0.1) is 0 Å². The minimum absolute atomic E-state index is 0.131. The lowest BCUT2D eigenvalue weighted by atomic mass is 10.2. The van der Waals surface area contributed by atoms with Gasteiger partial charge in [0.2, 0.25) is 11.3 Å². The summed E-state index contributed by atoms with van der Waals surface area (Å²) in [7, 11) is 0. The number of aromatic nitrogens is 3. The molecule has 2 aromatic carbocycles. The number of hydrogen-bond donors (Lipinski definition) is 1. The Morgan fingerprint density at radius 2 is 1.93 bits per heavy atom. The second-order valence-electron chi connectivity index (χ2n) is 6.09. The third-order valence-corrected chi connectivity index (χ3v) is 5.21. The van der Waals surface area contributed by atoms with E-state index in [4.69, 9.17) is 11.6 Å². The first kappa shape index (κ1) is 18.3. The predicted octanol–water partition coefficient (Wildman–Crippen LogP) is 4.20. The number of rotatable bonds is 5. The summed E-state index contributed by atoms with van der Waals surface area (Å²) >= 11 is 7.27. The minimum atomic E-state index is -0.165. The number of para-hydroxylation sites is 1. The molecule has 2 aromatic heterocycles. The highest BCUT2D eigenvalue weighted by Crippen LogP contribution is 2.26. The van der Waals surface area contributed by atoms with E-state index in [1.54, 1.807) is 22.9 Å². The quantitative estimate of drug-likeness (QED) is 0.534. The molecule has 0 atom stereocenters. The summed E-state index contributed by atoms with van der Waals surface area (Å²) in [5.74, 6) is -0.165. The molecule has 28 heavy (non-hydrogen) atoms. The van der Waals surface area contributed by atoms with Crippen LogP contribution in [0.25, 0.3) is 22.2 Å². The number of benzene rings is 2. The maximum atomic E-state index is 12.3. The van der Waals surface area contributed by atoms with E-state index in [2.05, 4.69) is 15.4 Å². The topological polar surface area (TPSA) is 76.9 Å². The Balaban J connectivity index is 1.42. The molecule has 0 radical (unpaired) electrons. The van der Waals surface area contributed by atoms with E-state index in [9.17, 15) is 9.59 Å². The fourth-order valence-corrected chi connectivity index (χ4v) is 3.67. The van der Waals surface area contributed by atoms with E-state index in [-0.39, 0.29) is 17.8 Å². The Morgan fingerprint density at radius 1 is 1.14 bits per heavy atom. The predicted molar refractivity (Wildman–Crippen MR) is 112 cm³/mol. The monoisotopic (exact) mass is 410 g/mol. The molecule has 0 saturated carbocycles. The Kier molecular flexibility index (Phi) is 5.18. The number of carbonyl (C=O) groups excluding carboxylic acids is 1. The third-order valence-electron chi connectivity index (χ3n) is 4.20. The van der Waals surface area contributed by atoms with Crippen LogP contribution in [0.2, 0.25) is 5.02 Å². The van der Waals surface area contributed by atoms with Crippen LogP contribution in [-0.4, -0.2) is 20.7 Å². The van der Waals surface area contributed by atoms with Crippen LogP contribution in [0.1, 0.15) is 6.42 Å². The average molecular weight is 411 g/mol. The zero-order valence-corrected chi connectivity index (χ0v) is 16.2. The van der Waals surface area contributed by atoms with Crippen molar-refractivity contribution in [3.63, 3.8) is 0 Å². The van der Waals surface area contributed by atoms with E-state index in [1.807, 2.05) is 35.7 Å². The van der Waals surface area contributed by atoms with E-state index in [0.29, 0.717) is 27.6 Å². The zero-order chi connectivity index (χ0) is 19.5. The largest absolute Gasteiger partial charge is 0.302 e. The fraction of sp³-hybridized carbons (Fsp3) is 0.100. The minimum Gasteiger partial charge on any atom is -0.302 e. The number of anilines is 1. The summed E-state index contributed by atoms with van der Waals surface area (Å²) in [5.41, 5.74) is 2.30. The standard InChI is InChI=1S/C20H15ClN4O2S/c21-14-7-5-13(6-8-14)16-12-28-20(23-16)24-19(27)9-10-25-17-4-2-1-3-15(17)18(26)11-22-25/h1-8,11-12H,9-10H2,(H,23,24,27). The first-order valence-corrected chi connectivity index (χ1v) is 9.82. The Bertz CT molecular complexity index is 1200. The van der Waals surface area contributed by atoms with Crippen molar-refractivity contribution in [3.05, 3.63) is 75.4 Å². The number of fused-ring (bicyclic) bond motifs is 1. The first-order valence-electron chi connectivity index (χ1n) is 8.56. The smallest absolute Gasteiger partial charge is 0.228 e. The molecule has 1 amide bonds. The maximum absolute atomic E-state index is 12.3. The van der Waals surface area contributed by atoms with Crippen molar-refractivity contribution < 1.29 is 4.79 Å². The molecule has 4 rings (SSSR count). The SMILES string of the molecule is O=C(CCn1ncc(=O)c2ccccc21)Nc1nc(-c2ccc(Cl)cc2)cs1. The van der Waals surface area contributed by atoms with E-state index < -0.39 is 0 Å². The number of hydrogen-bond acceptors (Lipinski definition) is 5. The summed E-state index contributed by atoms with van der Waals surface area (Å²) < 4.78 is 1.66. The van der Waals surface area contributed by atoms with Gasteiger partial charge in [-0.1, -0.05) is 35.9 Å². The van der Waals surface area contributed by atoms with Crippen LogP contribution in [0.5, 0.6) is 0 Å². The lowest BCUT2D eigenvalue weighted by Gasteiger charge is -2.08. The van der Waals surface area contributed by atoms with Gasteiger partial charge in [0, 0.05) is 27.8 Å². The van der Waals surface area contributed by atoms with Crippen molar-refractivity contribution in [2.75, 3.05) is 5.32 Å². The van der Waals surface area contributed by atoms with Crippen LogP contribution in [0.15, 0.2) is 64.9 Å². The molecule has 0 aliphatic carbocycles. The van der Waals surface area contributed by atoms with E-state index >= 15 is 0 Å². The van der Waals surface area contributed by atoms with Crippen molar-refractivity contribution in [1.82, 2.24) is 14.8 Å². The lowest BCUT2D eigenvalue weighted by Crippen LogP contribution is -2.17. The van der Waals surface area contributed by atoms with Gasteiger partial charge < -0.3 is 5.32 Å². The molecule has 4 aromatic rings. The third kappa shape index (κ3) is 3.95. The number of aryl methyl sites for hydroxylation is 1. The zero-order valence-electron chi connectivity index (χ0n) is 14.6. The fourth-order valence-electron chi connectivity index (χ4n) is 2.81.